The molecule has 5 nitrogen and oxygen atoms in total. The summed E-state index contributed by atoms with van der Waals surface area (Å²) in [6, 6.07) is 0.304. The lowest BCUT2D eigenvalue weighted by molar-refractivity contribution is -0.118. The minimum Gasteiger partial charge on any atom is -0.354 e. The van der Waals surface area contributed by atoms with Crippen molar-refractivity contribution in [1.29, 1.82) is 0 Å². The summed E-state index contributed by atoms with van der Waals surface area (Å²) in [7, 11) is -3.20. The normalized spacial score (nSPS) is 21.5. The molecule has 15 heavy (non-hydrogen) atoms. The van der Waals surface area contributed by atoms with Crippen LogP contribution in [0.3, 0.4) is 0 Å². The van der Waals surface area contributed by atoms with Gasteiger partial charge in [-0.15, -0.1) is 0 Å². The molecule has 1 unspecified atom stereocenters. The molecule has 0 saturated carbocycles. The number of carbonyl (C=O) groups is 1. The number of carbonyl (C=O) groups excluding carboxylic acids is 1. The first-order chi connectivity index (χ1) is 7.03. The van der Waals surface area contributed by atoms with Gasteiger partial charge in [-0.25, -0.2) is 8.42 Å². The molecule has 1 amide bonds. The molecule has 0 aliphatic carbocycles. The maximum atomic E-state index is 11.3. The fraction of sp³-hybridized carbons (Fsp3) is 0.889. The Hall–Kier alpha value is -0.620. The molecule has 88 valence electrons. The average molecular weight is 234 g/mol. The zero-order valence-electron chi connectivity index (χ0n) is 8.95. The van der Waals surface area contributed by atoms with Crippen molar-refractivity contribution in [2.75, 3.05) is 24.6 Å². The second-order valence-corrected chi connectivity index (χ2v) is 6.13. The molecule has 0 aromatic carbocycles. The van der Waals surface area contributed by atoms with Crippen molar-refractivity contribution in [3.8, 4) is 0 Å². The van der Waals surface area contributed by atoms with E-state index < -0.39 is 21.5 Å². The van der Waals surface area contributed by atoms with Crippen molar-refractivity contribution in [3.05, 3.63) is 0 Å². The van der Waals surface area contributed by atoms with E-state index in [-0.39, 0.29) is 5.75 Å². The van der Waals surface area contributed by atoms with Crippen molar-refractivity contribution < 1.29 is 13.2 Å². The Morgan fingerprint density at radius 1 is 1.53 bits per heavy atom. The third-order valence-corrected chi connectivity index (χ3v) is 4.08. The summed E-state index contributed by atoms with van der Waals surface area (Å²) in [5.41, 5.74) is 0. The van der Waals surface area contributed by atoms with Crippen LogP contribution >= 0.6 is 0 Å². The average Bonchev–Trinajstić information content (AvgIpc) is 2.66. The quantitative estimate of drug-likeness (QED) is 0.659. The Morgan fingerprint density at radius 2 is 2.27 bits per heavy atom. The minimum atomic E-state index is -3.20. The van der Waals surface area contributed by atoms with Crippen molar-refractivity contribution >= 4 is 15.7 Å². The second kappa shape index (κ2) is 5.46. The Bertz CT molecular complexity index is 307. The smallest absolute Gasteiger partial charge is 0.235 e. The number of sulfone groups is 1. The minimum absolute atomic E-state index is 0.0160. The van der Waals surface area contributed by atoms with E-state index in [2.05, 4.69) is 10.6 Å². The highest BCUT2D eigenvalue weighted by molar-refractivity contribution is 7.92. The molecule has 6 heteroatoms. The fourth-order valence-electron chi connectivity index (χ4n) is 1.52. The molecule has 2 N–H and O–H groups in total. The third-order valence-electron chi connectivity index (χ3n) is 2.50. The van der Waals surface area contributed by atoms with E-state index >= 15 is 0 Å². The van der Waals surface area contributed by atoms with Crippen LogP contribution in [0.4, 0.5) is 0 Å². The van der Waals surface area contributed by atoms with Gasteiger partial charge in [-0.1, -0.05) is 6.92 Å². The second-order valence-electron chi connectivity index (χ2n) is 3.77. The van der Waals surface area contributed by atoms with Gasteiger partial charge < -0.3 is 10.6 Å². The highest BCUT2D eigenvalue weighted by atomic mass is 32.2. The predicted molar refractivity (Wildman–Crippen MR) is 58.4 cm³/mol. The monoisotopic (exact) mass is 234 g/mol. The van der Waals surface area contributed by atoms with E-state index in [1.165, 1.54) is 0 Å². The van der Waals surface area contributed by atoms with Crippen LogP contribution in [0, 0.1) is 0 Å². The first-order valence-corrected chi connectivity index (χ1v) is 7.06. The summed E-state index contributed by atoms with van der Waals surface area (Å²) in [4.78, 5) is 11.3. The third kappa shape index (κ3) is 4.61. The summed E-state index contributed by atoms with van der Waals surface area (Å²) in [5, 5.41) is 5.86. The molecule has 1 fully saturated rings. The van der Waals surface area contributed by atoms with Gasteiger partial charge in [0.1, 0.15) is 5.75 Å². The summed E-state index contributed by atoms with van der Waals surface area (Å²) in [6.07, 6.45) is 2.16. The van der Waals surface area contributed by atoms with Crippen LogP contribution in [0.5, 0.6) is 0 Å². The van der Waals surface area contributed by atoms with Gasteiger partial charge in [-0.3, -0.25) is 4.79 Å². The lowest BCUT2D eigenvalue weighted by Crippen LogP contribution is -2.39. The maximum absolute atomic E-state index is 11.3. The van der Waals surface area contributed by atoms with Gasteiger partial charge in [0.2, 0.25) is 5.91 Å². The summed E-state index contributed by atoms with van der Waals surface area (Å²) in [6.45, 7) is 3.05. The highest BCUT2D eigenvalue weighted by Crippen LogP contribution is 2.02. The zero-order valence-corrected chi connectivity index (χ0v) is 9.77. The van der Waals surface area contributed by atoms with Gasteiger partial charge in [0.05, 0.1) is 0 Å². The SMILES string of the molecule is CCS(=O)(=O)CC(=O)NCC1CCCN1. The molecule has 1 atom stereocenters. The number of hydrogen-bond acceptors (Lipinski definition) is 4. The summed E-state index contributed by atoms with van der Waals surface area (Å²) in [5.74, 6) is -0.774. The number of nitrogens with one attached hydrogen (secondary N) is 2. The maximum Gasteiger partial charge on any atom is 0.235 e. The summed E-state index contributed by atoms with van der Waals surface area (Å²) < 4.78 is 22.3. The molecular formula is C9H18N2O3S. The Morgan fingerprint density at radius 3 is 2.80 bits per heavy atom. The molecule has 1 aliphatic rings. The molecule has 0 aromatic heterocycles. The van der Waals surface area contributed by atoms with Gasteiger partial charge >= 0.3 is 0 Å². The standard InChI is InChI=1S/C9H18N2O3S/c1-2-15(13,14)7-9(12)11-6-8-4-3-5-10-8/h8,10H,2-7H2,1H3,(H,11,12). The van der Waals surface area contributed by atoms with Gasteiger partial charge in [0.15, 0.2) is 9.84 Å². The molecule has 0 aromatic rings. The van der Waals surface area contributed by atoms with Crippen LogP contribution in [0.1, 0.15) is 19.8 Å². The molecule has 0 spiro atoms. The topological polar surface area (TPSA) is 75.3 Å². The Balaban J connectivity index is 2.24. The van der Waals surface area contributed by atoms with Gasteiger partial charge in [-0.05, 0) is 19.4 Å². The lowest BCUT2D eigenvalue weighted by atomic mass is 10.2. The Kier molecular flexibility index (Phi) is 4.53. The van der Waals surface area contributed by atoms with Crippen LogP contribution in [0.25, 0.3) is 0 Å². The van der Waals surface area contributed by atoms with Gasteiger partial charge in [0, 0.05) is 18.3 Å². The molecule has 0 bridgehead atoms. The van der Waals surface area contributed by atoms with E-state index in [0.29, 0.717) is 12.6 Å². The van der Waals surface area contributed by atoms with Crippen molar-refractivity contribution in [2.45, 2.75) is 25.8 Å². The lowest BCUT2D eigenvalue weighted by Gasteiger charge is -2.11. The number of rotatable bonds is 5. The van der Waals surface area contributed by atoms with E-state index in [1.54, 1.807) is 6.92 Å². The fourth-order valence-corrected chi connectivity index (χ4v) is 2.23. The first-order valence-electron chi connectivity index (χ1n) is 5.24. The molecular weight excluding hydrogens is 216 g/mol. The van der Waals surface area contributed by atoms with Crippen LogP contribution in [0.2, 0.25) is 0 Å². The van der Waals surface area contributed by atoms with Crippen LogP contribution < -0.4 is 10.6 Å². The van der Waals surface area contributed by atoms with Crippen LogP contribution in [0.15, 0.2) is 0 Å². The van der Waals surface area contributed by atoms with Gasteiger partial charge in [-0.2, -0.15) is 0 Å². The first kappa shape index (κ1) is 12.4. The predicted octanol–water partition coefficient (Wildman–Crippen LogP) is -0.711. The number of hydrogen-bond donors (Lipinski definition) is 2. The molecule has 0 radical (unpaired) electrons. The largest absolute Gasteiger partial charge is 0.354 e. The zero-order chi connectivity index (χ0) is 11.3. The van der Waals surface area contributed by atoms with Crippen LogP contribution in [-0.2, 0) is 14.6 Å². The molecule has 1 saturated heterocycles. The van der Waals surface area contributed by atoms with Gasteiger partial charge in [0.25, 0.3) is 0 Å². The van der Waals surface area contributed by atoms with E-state index in [4.69, 9.17) is 0 Å². The van der Waals surface area contributed by atoms with Crippen LogP contribution in [-0.4, -0.2) is 45.0 Å². The van der Waals surface area contributed by atoms with Crippen molar-refractivity contribution in [1.82, 2.24) is 10.6 Å². The number of amides is 1. The van der Waals surface area contributed by atoms with Crippen molar-refractivity contribution in [2.24, 2.45) is 0 Å². The van der Waals surface area contributed by atoms with E-state index in [1.807, 2.05) is 0 Å². The highest BCUT2D eigenvalue weighted by Gasteiger charge is 2.17. The van der Waals surface area contributed by atoms with E-state index in [0.717, 1.165) is 19.4 Å². The molecule has 1 aliphatic heterocycles. The van der Waals surface area contributed by atoms with Crippen molar-refractivity contribution in [3.63, 3.8) is 0 Å². The van der Waals surface area contributed by atoms with E-state index in [9.17, 15) is 13.2 Å². The molecule has 1 rings (SSSR count). The molecule has 1 heterocycles. The summed E-state index contributed by atoms with van der Waals surface area (Å²) >= 11 is 0. The Labute approximate surface area is 90.5 Å².